The number of ether oxygens (including phenoxy) is 1. The Kier molecular flexibility index (Phi) is 6.79. The van der Waals surface area contributed by atoms with Crippen molar-refractivity contribution in [1.82, 2.24) is 4.98 Å². The summed E-state index contributed by atoms with van der Waals surface area (Å²) in [5, 5.41) is 0. The molecule has 1 aromatic carbocycles. The van der Waals surface area contributed by atoms with E-state index in [1.165, 1.54) is 6.20 Å². The van der Waals surface area contributed by atoms with Gasteiger partial charge in [0.05, 0.1) is 6.20 Å². The Labute approximate surface area is 160 Å². The molecule has 2 rings (SSSR count). The first-order valence-electron chi connectivity index (χ1n) is 5.58. The molecule has 0 aliphatic rings. The number of rotatable bonds is 4. The average Bonchev–Trinajstić information content (AvgIpc) is 2.36. The van der Waals surface area contributed by atoms with Crippen molar-refractivity contribution in [1.29, 1.82) is 0 Å². The van der Waals surface area contributed by atoms with Gasteiger partial charge in [0, 0.05) is 11.8 Å². The van der Waals surface area contributed by atoms with E-state index >= 15 is 0 Å². The zero-order valence-electron chi connectivity index (χ0n) is 11.0. The van der Waals surface area contributed by atoms with E-state index in [1.54, 1.807) is 0 Å². The summed E-state index contributed by atoms with van der Waals surface area (Å²) in [7, 11) is 0. The molecule has 0 saturated heterocycles. The van der Waals surface area contributed by atoms with E-state index < -0.39 is 29.8 Å². The van der Waals surface area contributed by atoms with Gasteiger partial charge in [-0.05, 0) is 18.2 Å². The van der Waals surface area contributed by atoms with Crippen molar-refractivity contribution in [2.24, 2.45) is 0 Å². The van der Waals surface area contributed by atoms with Crippen LogP contribution in [-0.4, -0.2) is 12.0 Å². The van der Waals surface area contributed by atoms with Crippen LogP contribution in [0, 0.1) is 11.6 Å². The predicted molar refractivity (Wildman–Crippen MR) is 63.6 cm³/mol. The summed E-state index contributed by atoms with van der Waals surface area (Å²) in [5.41, 5.74) is -0.675. The summed E-state index contributed by atoms with van der Waals surface area (Å²) >= 11 is 0. The molecule has 0 amide bonds. The Morgan fingerprint density at radius 3 is 2.38 bits per heavy atom. The summed E-state index contributed by atoms with van der Waals surface area (Å²) in [6.45, 7) is -5.52. The minimum Gasteiger partial charge on any atom is -0.486 e. The van der Waals surface area contributed by atoms with Gasteiger partial charge in [0.1, 0.15) is 12.4 Å². The molecule has 2 aromatic rings. The first-order valence-corrected chi connectivity index (χ1v) is 5.58. The standard InChI is InChI=1S/C12H8BF5NO.K/c14-10-3-8(5-19-6-10)7-20-12-4-9(13(16,17)18)1-2-11(12)15;/h1-6H,7H2;/q-1;+1. The van der Waals surface area contributed by atoms with Gasteiger partial charge in [-0.25, -0.2) is 8.78 Å². The van der Waals surface area contributed by atoms with E-state index in [-0.39, 0.29) is 63.6 Å². The number of hydrogen-bond acceptors (Lipinski definition) is 2. The van der Waals surface area contributed by atoms with Gasteiger partial charge < -0.3 is 17.7 Å². The first-order chi connectivity index (χ1) is 9.36. The van der Waals surface area contributed by atoms with Crippen molar-refractivity contribution >= 4 is 12.4 Å². The van der Waals surface area contributed by atoms with Gasteiger partial charge in [-0.15, -0.1) is 5.46 Å². The topological polar surface area (TPSA) is 22.1 Å². The number of nitrogens with zero attached hydrogens (tertiary/aromatic N) is 1. The average molecular weight is 327 g/mol. The van der Waals surface area contributed by atoms with E-state index in [9.17, 15) is 21.7 Å². The maximum absolute atomic E-state index is 13.4. The molecule has 0 N–H and O–H groups in total. The third-order valence-electron chi connectivity index (χ3n) is 2.49. The van der Waals surface area contributed by atoms with Gasteiger partial charge in [-0.1, -0.05) is 6.07 Å². The minimum atomic E-state index is -5.24. The fourth-order valence-electron chi connectivity index (χ4n) is 1.53. The summed E-state index contributed by atoms with van der Waals surface area (Å²) in [6.07, 6.45) is 2.25. The monoisotopic (exact) mass is 327 g/mol. The van der Waals surface area contributed by atoms with Crippen LogP contribution in [0.5, 0.6) is 5.75 Å². The molecule has 0 saturated carbocycles. The van der Waals surface area contributed by atoms with E-state index in [2.05, 4.69) is 4.98 Å². The van der Waals surface area contributed by atoms with Gasteiger partial charge in [0.25, 0.3) is 0 Å². The number of pyridine rings is 1. The fraction of sp³-hybridized carbons (Fsp3) is 0.0833. The maximum atomic E-state index is 13.4. The van der Waals surface area contributed by atoms with Crippen LogP contribution < -0.4 is 61.6 Å². The largest absolute Gasteiger partial charge is 1.00 e. The molecule has 0 spiro atoms. The summed E-state index contributed by atoms with van der Waals surface area (Å²) in [5.74, 6) is -2.07. The fourth-order valence-corrected chi connectivity index (χ4v) is 1.53. The number of benzene rings is 1. The van der Waals surface area contributed by atoms with E-state index in [1.807, 2.05) is 0 Å². The molecular weight excluding hydrogens is 319 g/mol. The molecule has 9 heteroatoms. The Morgan fingerprint density at radius 2 is 1.76 bits per heavy atom. The smallest absolute Gasteiger partial charge is 0.486 e. The van der Waals surface area contributed by atoms with Crippen molar-refractivity contribution in [2.75, 3.05) is 0 Å². The van der Waals surface area contributed by atoms with Crippen molar-refractivity contribution < 1.29 is 77.8 Å². The van der Waals surface area contributed by atoms with Crippen LogP contribution in [0.4, 0.5) is 21.7 Å². The van der Waals surface area contributed by atoms with Crippen LogP contribution in [0.15, 0.2) is 36.7 Å². The van der Waals surface area contributed by atoms with E-state index in [4.69, 9.17) is 4.74 Å². The van der Waals surface area contributed by atoms with Crippen LogP contribution in [0.1, 0.15) is 5.56 Å². The molecular formula is C12H8BF5KNO. The molecule has 1 heterocycles. The van der Waals surface area contributed by atoms with Crippen molar-refractivity contribution in [3.05, 3.63) is 53.9 Å². The Morgan fingerprint density at radius 1 is 1.05 bits per heavy atom. The van der Waals surface area contributed by atoms with Crippen molar-refractivity contribution in [3.8, 4) is 5.75 Å². The molecule has 0 aliphatic heterocycles. The molecule has 0 fully saturated rings. The summed E-state index contributed by atoms with van der Waals surface area (Å²) in [4.78, 5) is 3.55. The molecule has 1 aromatic heterocycles. The second kappa shape index (κ2) is 7.68. The normalized spacial score (nSPS) is 10.9. The van der Waals surface area contributed by atoms with Crippen LogP contribution in [0.25, 0.3) is 0 Å². The SMILES string of the molecule is Fc1cncc(COc2cc([B-](F)(F)F)ccc2F)c1.[K+]. The third kappa shape index (κ3) is 5.33. The number of aromatic nitrogens is 1. The van der Waals surface area contributed by atoms with Crippen LogP contribution >= 0.6 is 0 Å². The predicted octanol–water partition coefficient (Wildman–Crippen LogP) is -0.00280. The summed E-state index contributed by atoms with van der Waals surface area (Å²) in [6, 6.07) is 3.01. The minimum absolute atomic E-state index is 0. The molecule has 0 atom stereocenters. The van der Waals surface area contributed by atoms with Gasteiger partial charge in [0.15, 0.2) is 11.6 Å². The second-order valence-electron chi connectivity index (χ2n) is 4.06. The molecule has 106 valence electrons. The van der Waals surface area contributed by atoms with Crippen LogP contribution in [0.3, 0.4) is 0 Å². The van der Waals surface area contributed by atoms with Crippen LogP contribution in [0.2, 0.25) is 0 Å². The number of hydrogen-bond donors (Lipinski definition) is 0. The van der Waals surface area contributed by atoms with Gasteiger partial charge >= 0.3 is 58.4 Å². The first kappa shape index (κ1) is 18.6. The summed E-state index contributed by atoms with van der Waals surface area (Å²) < 4.78 is 68.8. The Hall–Kier alpha value is -0.479. The zero-order valence-corrected chi connectivity index (χ0v) is 14.1. The van der Waals surface area contributed by atoms with Gasteiger partial charge in [0.2, 0.25) is 0 Å². The quantitative estimate of drug-likeness (QED) is 0.583. The van der Waals surface area contributed by atoms with Crippen LogP contribution in [-0.2, 0) is 6.61 Å². The Balaban J connectivity index is 0.00000220. The van der Waals surface area contributed by atoms with Crippen molar-refractivity contribution in [2.45, 2.75) is 6.61 Å². The molecule has 0 radical (unpaired) electrons. The van der Waals surface area contributed by atoms with Gasteiger partial charge in [-0.3, -0.25) is 4.98 Å². The third-order valence-corrected chi connectivity index (χ3v) is 2.49. The molecule has 0 aliphatic carbocycles. The molecule has 2 nitrogen and oxygen atoms in total. The van der Waals surface area contributed by atoms with Gasteiger partial charge in [-0.2, -0.15) is 0 Å². The van der Waals surface area contributed by atoms with E-state index in [0.717, 1.165) is 12.3 Å². The Bertz CT molecular complexity index is 623. The van der Waals surface area contributed by atoms with E-state index in [0.29, 0.717) is 18.2 Å². The van der Waals surface area contributed by atoms with Crippen molar-refractivity contribution in [3.63, 3.8) is 0 Å². The molecule has 0 unspecified atom stereocenters. The number of halogens is 5. The molecule has 21 heavy (non-hydrogen) atoms. The second-order valence-corrected chi connectivity index (χ2v) is 4.06. The molecule has 0 bridgehead atoms. The zero-order chi connectivity index (χ0) is 14.8. The maximum Gasteiger partial charge on any atom is 1.00 e.